The lowest BCUT2D eigenvalue weighted by atomic mass is 9.99. The number of rotatable bonds is 7. The second-order valence-electron chi connectivity index (χ2n) is 8.77. The first-order chi connectivity index (χ1) is 17.4. The van der Waals surface area contributed by atoms with Crippen molar-refractivity contribution < 1.29 is 36.7 Å². The van der Waals surface area contributed by atoms with Crippen LogP contribution in [0.5, 0.6) is 0 Å². The van der Waals surface area contributed by atoms with Gasteiger partial charge in [0.25, 0.3) is 10.1 Å². The number of fused-ring (bicyclic) bond motifs is 1. The summed E-state index contributed by atoms with van der Waals surface area (Å²) in [6.07, 6.45) is -4.63. The minimum absolute atomic E-state index is 0.0552. The summed E-state index contributed by atoms with van der Waals surface area (Å²) in [5.41, 5.74) is 2.43. The Hall–Kier alpha value is -2.63. The number of hydrogen-bond donors (Lipinski definition) is 1. The standard InChI is InChI=1S/C27H28O8S/c1-18-12-14-21(15-13-18)36(29,30)31-17-23-25-24(34-27(33-23)20-10-6-3-7-11-20)22(16-28)32-26(35-25)19-8-4-2-5-9-19/h2-15,22-28H,16-17H2,1H3/t22-,23+,24+,25-,26-,27+/m0/s1. The van der Waals surface area contributed by atoms with Crippen molar-refractivity contribution in [2.45, 2.75) is 48.8 Å². The second-order valence-corrected chi connectivity index (χ2v) is 10.4. The van der Waals surface area contributed by atoms with Crippen molar-refractivity contribution in [2.75, 3.05) is 13.2 Å². The van der Waals surface area contributed by atoms with Crippen LogP contribution in [-0.2, 0) is 33.2 Å². The Kier molecular flexibility index (Phi) is 7.49. The largest absolute Gasteiger partial charge is 0.394 e. The first-order valence-electron chi connectivity index (χ1n) is 11.7. The van der Waals surface area contributed by atoms with Crippen LogP contribution in [0.15, 0.2) is 89.8 Å². The first-order valence-corrected chi connectivity index (χ1v) is 13.1. The number of aliphatic hydroxyl groups excluding tert-OH is 1. The molecule has 0 bridgehead atoms. The lowest BCUT2D eigenvalue weighted by Crippen LogP contribution is -2.60. The van der Waals surface area contributed by atoms with Gasteiger partial charge in [-0.05, 0) is 19.1 Å². The summed E-state index contributed by atoms with van der Waals surface area (Å²) in [7, 11) is -4.04. The Bertz CT molecular complexity index is 1230. The molecule has 3 aromatic rings. The van der Waals surface area contributed by atoms with Crippen molar-refractivity contribution in [3.8, 4) is 0 Å². The third kappa shape index (κ3) is 5.37. The maximum atomic E-state index is 12.9. The molecule has 6 atom stereocenters. The summed E-state index contributed by atoms with van der Waals surface area (Å²) in [5, 5.41) is 10.1. The van der Waals surface area contributed by atoms with Gasteiger partial charge in [-0.15, -0.1) is 0 Å². The molecule has 0 aromatic heterocycles. The molecule has 36 heavy (non-hydrogen) atoms. The van der Waals surface area contributed by atoms with E-state index in [2.05, 4.69) is 0 Å². The van der Waals surface area contributed by atoms with Gasteiger partial charge in [-0.3, -0.25) is 4.18 Å². The van der Waals surface area contributed by atoms with E-state index in [-0.39, 0.29) is 18.1 Å². The van der Waals surface area contributed by atoms with Crippen LogP contribution in [0.2, 0.25) is 0 Å². The summed E-state index contributed by atoms with van der Waals surface area (Å²) in [5.74, 6) is 0. The van der Waals surface area contributed by atoms with Gasteiger partial charge in [0.15, 0.2) is 12.6 Å². The molecule has 0 saturated carbocycles. The molecule has 1 N–H and O–H groups in total. The third-order valence-electron chi connectivity index (χ3n) is 6.24. The molecule has 0 amide bonds. The SMILES string of the molecule is Cc1ccc(S(=O)(=O)OC[C@H]2O[C@@H](c3ccccc3)O[C@H]3[C@H]2O[C@@H](c2ccccc2)O[C@H]3CO)cc1. The average Bonchev–Trinajstić information content (AvgIpc) is 2.92. The van der Waals surface area contributed by atoms with Gasteiger partial charge in [0.1, 0.15) is 24.4 Å². The number of aryl methyl sites for hydroxylation is 1. The maximum Gasteiger partial charge on any atom is 0.297 e. The molecule has 2 fully saturated rings. The van der Waals surface area contributed by atoms with Crippen molar-refractivity contribution in [1.29, 1.82) is 0 Å². The van der Waals surface area contributed by atoms with Crippen LogP contribution in [0.4, 0.5) is 0 Å². The highest BCUT2D eigenvalue weighted by Gasteiger charge is 2.50. The van der Waals surface area contributed by atoms with E-state index in [0.29, 0.717) is 0 Å². The first kappa shape index (κ1) is 25.0. The van der Waals surface area contributed by atoms with Gasteiger partial charge >= 0.3 is 0 Å². The molecule has 2 aliphatic heterocycles. The van der Waals surface area contributed by atoms with Crippen LogP contribution in [0.3, 0.4) is 0 Å². The Morgan fingerprint density at radius 1 is 0.722 bits per heavy atom. The van der Waals surface area contributed by atoms with Gasteiger partial charge in [-0.2, -0.15) is 8.42 Å². The van der Waals surface area contributed by atoms with Crippen molar-refractivity contribution in [2.24, 2.45) is 0 Å². The van der Waals surface area contributed by atoms with Gasteiger partial charge in [-0.25, -0.2) is 0 Å². The molecule has 190 valence electrons. The molecule has 8 nitrogen and oxygen atoms in total. The van der Waals surface area contributed by atoms with Gasteiger partial charge in [0.05, 0.1) is 18.1 Å². The molecule has 0 radical (unpaired) electrons. The lowest BCUT2D eigenvalue weighted by Gasteiger charge is -2.48. The molecule has 5 rings (SSSR count). The molecular weight excluding hydrogens is 484 g/mol. The van der Waals surface area contributed by atoms with E-state index in [1.165, 1.54) is 12.1 Å². The van der Waals surface area contributed by atoms with E-state index in [0.717, 1.165) is 16.7 Å². The van der Waals surface area contributed by atoms with Crippen molar-refractivity contribution >= 4 is 10.1 Å². The molecule has 2 saturated heterocycles. The Labute approximate surface area is 210 Å². The van der Waals surface area contributed by atoms with Crippen LogP contribution in [0.25, 0.3) is 0 Å². The molecule has 2 aliphatic rings. The molecule has 0 aliphatic carbocycles. The average molecular weight is 513 g/mol. The Balaban J connectivity index is 1.42. The summed E-state index contributed by atoms with van der Waals surface area (Å²) < 4.78 is 55.9. The molecule has 9 heteroatoms. The second kappa shape index (κ2) is 10.8. The van der Waals surface area contributed by atoms with E-state index >= 15 is 0 Å². The minimum Gasteiger partial charge on any atom is -0.394 e. The Morgan fingerprint density at radius 3 is 1.75 bits per heavy atom. The van der Waals surface area contributed by atoms with Crippen LogP contribution in [-0.4, -0.2) is 51.2 Å². The highest BCUT2D eigenvalue weighted by molar-refractivity contribution is 7.86. The van der Waals surface area contributed by atoms with Gasteiger partial charge in [0, 0.05) is 11.1 Å². The maximum absolute atomic E-state index is 12.9. The third-order valence-corrected chi connectivity index (χ3v) is 7.53. The van der Waals surface area contributed by atoms with Gasteiger partial charge < -0.3 is 24.1 Å². The van der Waals surface area contributed by atoms with Crippen LogP contribution < -0.4 is 0 Å². The van der Waals surface area contributed by atoms with Crippen molar-refractivity contribution in [3.63, 3.8) is 0 Å². The van der Waals surface area contributed by atoms with Crippen molar-refractivity contribution in [3.05, 3.63) is 102 Å². The zero-order chi connectivity index (χ0) is 25.1. The minimum atomic E-state index is -4.04. The predicted octanol–water partition coefficient (Wildman–Crippen LogP) is 3.66. The lowest BCUT2D eigenvalue weighted by molar-refractivity contribution is -0.386. The smallest absolute Gasteiger partial charge is 0.297 e. The van der Waals surface area contributed by atoms with E-state index in [4.69, 9.17) is 23.1 Å². The van der Waals surface area contributed by atoms with E-state index in [1.54, 1.807) is 12.1 Å². The normalized spacial score (nSPS) is 28.4. The van der Waals surface area contributed by atoms with Crippen LogP contribution in [0, 0.1) is 6.92 Å². The fourth-order valence-corrected chi connectivity index (χ4v) is 5.24. The van der Waals surface area contributed by atoms with Crippen molar-refractivity contribution in [1.82, 2.24) is 0 Å². The topological polar surface area (TPSA) is 101 Å². The van der Waals surface area contributed by atoms with E-state index < -0.39 is 47.1 Å². The van der Waals surface area contributed by atoms with Crippen LogP contribution >= 0.6 is 0 Å². The molecule has 0 unspecified atom stereocenters. The molecule has 3 aromatic carbocycles. The van der Waals surface area contributed by atoms with Gasteiger partial charge in [-0.1, -0.05) is 78.4 Å². The number of benzene rings is 3. The van der Waals surface area contributed by atoms with E-state index in [1.807, 2.05) is 67.6 Å². The van der Waals surface area contributed by atoms with Crippen LogP contribution in [0.1, 0.15) is 29.3 Å². The molecule has 0 spiro atoms. The fourth-order valence-electron chi connectivity index (χ4n) is 4.32. The summed E-state index contributed by atoms with van der Waals surface area (Å²) in [6, 6.07) is 25.0. The quantitative estimate of drug-likeness (QED) is 0.479. The molecular formula is C27H28O8S. The number of hydrogen-bond acceptors (Lipinski definition) is 8. The van der Waals surface area contributed by atoms with E-state index in [9.17, 15) is 13.5 Å². The number of aliphatic hydroxyl groups is 1. The summed E-state index contributed by atoms with van der Waals surface area (Å²) in [4.78, 5) is 0.0552. The highest BCUT2D eigenvalue weighted by atomic mass is 32.2. The molecule has 2 heterocycles. The fraction of sp³-hybridized carbons (Fsp3) is 0.333. The Morgan fingerprint density at radius 2 is 1.22 bits per heavy atom. The zero-order valence-electron chi connectivity index (χ0n) is 19.7. The predicted molar refractivity (Wildman–Crippen MR) is 129 cm³/mol. The highest BCUT2D eigenvalue weighted by Crippen LogP contribution is 2.40. The van der Waals surface area contributed by atoms with Gasteiger partial charge in [0.2, 0.25) is 0 Å². The summed E-state index contributed by atoms with van der Waals surface area (Å²) >= 11 is 0. The number of ether oxygens (including phenoxy) is 4. The summed E-state index contributed by atoms with van der Waals surface area (Å²) in [6.45, 7) is 1.26. The zero-order valence-corrected chi connectivity index (χ0v) is 20.5. The monoisotopic (exact) mass is 512 g/mol.